The summed E-state index contributed by atoms with van der Waals surface area (Å²) in [7, 11) is 3.49. The van der Waals surface area contributed by atoms with Crippen LogP contribution in [0.4, 0.5) is 22.0 Å². The Morgan fingerprint density at radius 2 is 1.59 bits per heavy atom. The molecule has 5 rings (SSSR count). The predicted octanol–water partition coefficient (Wildman–Crippen LogP) is 6.02. The van der Waals surface area contributed by atoms with Crippen LogP contribution < -0.4 is 16.0 Å². The highest BCUT2D eigenvalue weighted by molar-refractivity contribution is 5.73. The molecule has 4 aromatic rings. The number of piperidine rings is 1. The maximum atomic E-state index is 16.4. The summed E-state index contributed by atoms with van der Waals surface area (Å²) in [6.07, 6.45) is -4.44. The van der Waals surface area contributed by atoms with Gasteiger partial charge in [-0.15, -0.1) is 0 Å². The van der Waals surface area contributed by atoms with Crippen LogP contribution in [0.2, 0.25) is 0 Å². The van der Waals surface area contributed by atoms with Gasteiger partial charge in [-0.2, -0.15) is 13.2 Å². The summed E-state index contributed by atoms with van der Waals surface area (Å²) >= 11 is 0. The van der Waals surface area contributed by atoms with Crippen LogP contribution in [-0.2, 0) is 24.1 Å². The molecule has 8 nitrogen and oxygen atoms in total. The summed E-state index contributed by atoms with van der Waals surface area (Å²) < 4.78 is 81.2. The van der Waals surface area contributed by atoms with Gasteiger partial charge in [0.2, 0.25) is 5.91 Å². The first-order valence-electron chi connectivity index (χ1n) is 15.8. The molecule has 2 heterocycles. The Morgan fingerprint density at radius 3 is 2.20 bits per heavy atom. The second-order valence-electron chi connectivity index (χ2n) is 12.3. The average Bonchev–Trinajstić information content (AvgIpc) is 3.05. The zero-order valence-corrected chi connectivity index (χ0v) is 27.6. The number of carbonyl (C=O) groups is 1. The molecule has 0 aliphatic carbocycles. The molecule has 0 saturated carbocycles. The van der Waals surface area contributed by atoms with Gasteiger partial charge in [0.25, 0.3) is 5.56 Å². The van der Waals surface area contributed by atoms with Crippen molar-refractivity contribution in [2.75, 3.05) is 27.2 Å². The van der Waals surface area contributed by atoms with E-state index in [0.717, 1.165) is 26.8 Å². The van der Waals surface area contributed by atoms with Crippen LogP contribution in [-0.4, -0.2) is 58.1 Å². The van der Waals surface area contributed by atoms with Crippen LogP contribution in [0, 0.1) is 18.6 Å². The van der Waals surface area contributed by atoms with Gasteiger partial charge in [-0.1, -0.05) is 48.5 Å². The minimum atomic E-state index is -4.94. The van der Waals surface area contributed by atoms with E-state index in [1.807, 2.05) is 0 Å². The predicted molar refractivity (Wildman–Crippen MR) is 174 cm³/mol. The summed E-state index contributed by atoms with van der Waals surface area (Å²) in [6.45, 7) is 2.54. The van der Waals surface area contributed by atoms with Crippen molar-refractivity contribution in [3.05, 3.63) is 122 Å². The highest BCUT2D eigenvalue weighted by Gasteiger charge is 2.35. The Labute approximate surface area is 280 Å². The lowest BCUT2D eigenvalue weighted by Crippen LogP contribution is -2.45. The number of hydrogen-bond donors (Lipinski definition) is 0. The van der Waals surface area contributed by atoms with Crippen molar-refractivity contribution < 1.29 is 31.5 Å². The molecule has 3 aromatic carbocycles. The first-order chi connectivity index (χ1) is 23.2. The highest BCUT2D eigenvalue weighted by atomic mass is 19.4. The lowest BCUT2D eigenvalue weighted by Gasteiger charge is -2.31. The van der Waals surface area contributed by atoms with E-state index in [4.69, 9.17) is 4.74 Å². The van der Waals surface area contributed by atoms with Crippen molar-refractivity contribution in [2.24, 2.45) is 0 Å². The molecule has 0 radical (unpaired) electrons. The van der Waals surface area contributed by atoms with Gasteiger partial charge >= 0.3 is 11.9 Å². The number of likely N-dealkylation sites (tertiary alicyclic amines) is 1. The number of halogens is 5. The monoisotopic (exact) mass is 684 g/mol. The van der Waals surface area contributed by atoms with Crippen molar-refractivity contribution >= 4 is 5.91 Å². The third-order valence-corrected chi connectivity index (χ3v) is 9.00. The molecule has 1 atom stereocenters. The summed E-state index contributed by atoms with van der Waals surface area (Å²) in [5, 5.41) is 0. The van der Waals surface area contributed by atoms with Crippen molar-refractivity contribution in [1.29, 1.82) is 0 Å². The topological polar surface area (TPSA) is 76.8 Å². The van der Waals surface area contributed by atoms with Crippen molar-refractivity contribution in [1.82, 2.24) is 18.9 Å². The van der Waals surface area contributed by atoms with Gasteiger partial charge in [0.05, 0.1) is 30.3 Å². The fourth-order valence-corrected chi connectivity index (χ4v) is 6.28. The number of hydrogen-bond acceptors (Lipinski definition) is 5. The average molecular weight is 685 g/mol. The zero-order chi connectivity index (χ0) is 35.6. The smallest absolute Gasteiger partial charge is 0.416 e. The van der Waals surface area contributed by atoms with Gasteiger partial charge < -0.3 is 14.5 Å². The fraction of sp³-hybridized carbons (Fsp3) is 0.361. The van der Waals surface area contributed by atoms with E-state index in [-0.39, 0.29) is 35.0 Å². The van der Waals surface area contributed by atoms with Crippen LogP contribution in [0.3, 0.4) is 0 Å². The summed E-state index contributed by atoms with van der Waals surface area (Å²) in [6, 6.07) is 15.1. The van der Waals surface area contributed by atoms with Crippen LogP contribution in [0.25, 0.3) is 11.1 Å². The largest absolute Gasteiger partial charge is 0.487 e. The first-order valence-corrected chi connectivity index (χ1v) is 15.8. The van der Waals surface area contributed by atoms with Gasteiger partial charge in [-0.25, -0.2) is 13.6 Å². The third kappa shape index (κ3) is 7.46. The molecule has 1 saturated heterocycles. The molecule has 1 unspecified atom stereocenters. The molecule has 1 aromatic heterocycles. The maximum absolute atomic E-state index is 16.4. The molecular formula is C36H37F5N4O4. The summed E-state index contributed by atoms with van der Waals surface area (Å²) in [5.74, 6) is -2.32. The maximum Gasteiger partial charge on any atom is 0.416 e. The van der Waals surface area contributed by atoms with E-state index in [1.165, 1.54) is 32.0 Å². The second-order valence-corrected chi connectivity index (χ2v) is 12.3. The van der Waals surface area contributed by atoms with Gasteiger partial charge in [0, 0.05) is 49.7 Å². The van der Waals surface area contributed by atoms with Gasteiger partial charge in [-0.3, -0.25) is 18.7 Å². The van der Waals surface area contributed by atoms with Gasteiger partial charge in [-0.05, 0) is 44.8 Å². The second kappa shape index (κ2) is 14.4. The van der Waals surface area contributed by atoms with Gasteiger partial charge in [0.15, 0.2) is 11.6 Å². The molecule has 49 heavy (non-hydrogen) atoms. The Kier molecular flexibility index (Phi) is 10.4. The summed E-state index contributed by atoms with van der Waals surface area (Å²) in [5.41, 5.74) is -3.80. The number of rotatable bonds is 9. The number of alkyl halides is 3. The zero-order valence-electron chi connectivity index (χ0n) is 27.6. The van der Waals surface area contributed by atoms with E-state index in [0.29, 0.717) is 32.0 Å². The van der Waals surface area contributed by atoms with Crippen LogP contribution in [0.15, 0.2) is 76.3 Å². The molecule has 1 aliphatic rings. The Hall–Kier alpha value is -4.78. The van der Waals surface area contributed by atoms with Crippen LogP contribution in [0.1, 0.15) is 48.2 Å². The molecule has 1 amide bonds. The fourth-order valence-electron chi connectivity index (χ4n) is 6.28. The van der Waals surface area contributed by atoms with Gasteiger partial charge in [0.1, 0.15) is 11.9 Å². The minimum absolute atomic E-state index is 0.0741. The molecule has 1 aliphatic heterocycles. The molecule has 260 valence electrons. The molecule has 1 fully saturated rings. The Bertz CT molecular complexity index is 1950. The Morgan fingerprint density at radius 1 is 0.939 bits per heavy atom. The molecule has 0 spiro atoms. The quantitative estimate of drug-likeness (QED) is 0.202. The minimum Gasteiger partial charge on any atom is -0.487 e. The van der Waals surface area contributed by atoms with E-state index in [2.05, 4.69) is 0 Å². The van der Waals surface area contributed by atoms with Crippen molar-refractivity contribution in [3.63, 3.8) is 0 Å². The van der Waals surface area contributed by atoms with Crippen LogP contribution in [0.5, 0.6) is 5.75 Å². The van der Waals surface area contributed by atoms with Crippen LogP contribution >= 0.6 is 0 Å². The molecule has 0 bridgehead atoms. The number of amides is 1. The lowest BCUT2D eigenvalue weighted by atomic mass is 10.0. The number of benzene rings is 3. The third-order valence-electron chi connectivity index (χ3n) is 9.00. The lowest BCUT2D eigenvalue weighted by molar-refractivity contribution is -0.138. The number of likely N-dealkylation sites (N-methyl/N-ethyl adjacent to an activating group) is 1. The first kappa shape index (κ1) is 35.5. The SMILES string of the molecule is CC(=O)N1CCC(Oc2cccc(-c3c(C)n(Cc4c(F)cccc4C(F)(F)F)c(=O)n(CC(c4ccccc4)N(C)C)c3=O)c2F)CC1. The standard InChI is InChI=1S/C36H37F5N4O4/c1-22-32(26-12-8-15-31(33(26)38)49-25-16-18-43(19-17-25)23(2)46)34(47)45(21-30(42(3)4)24-10-6-5-7-11-24)35(48)44(22)20-27-28(36(39,40)41)13-9-14-29(27)37/h5-15,25,30H,16-21H2,1-4H3. The molecule has 13 heteroatoms. The van der Waals surface area contributed by atoms with E-state index < -0.39 is 58.9 Å². The summed E-state index contributed by atoms with van der Waals surface area (Å²) in [4.78, 5) is 43.6. The van der Waals surface area contributed by atoms with E-state index >= 15 is 8.78 Å². The van der Waals surface area contributed by atoms with Crippen molar-refractivity contribution in [3.8, 4) is 16.9 Å². The highest BCUT2D eigenvalue weighted by Crippen LogP contribution is 2.35. The Balaban J connectivity index is 1.67. The number of ether oxygens (including phenoxy) is 1. The normalized spacial score (nSPS) is 14.7. The number of nitrogens with zero attached hydrogens (tertiary/aromatic N) is 4. The van der Waals surface area contributed by atoms with E-state index in [9.17, 15) is 27.6 Å². The number of aromatic nitrogens is 2. The van der Waals surface area contributed by atoms with E-state index in [1.54, 1.807) is 54.2 Å². The van der Waals surface area contributed by atoms with Crippen molar-refractivity contribution in [2.45, 2.75) is 58.1 Å². The number of carbonyl (C=O) groups excluding carboxylic acids is 1. The molecular weight excluding hydrogens is 647 g/mol. The molecule has 0 N–H and O–H groups in total.